The number of nitrogens with zero attached hydrogens (tertiary/aromatic N) is 2. The molecular weight excluding hydrogens is 457 g/mol. The molecule has 0 saturated carbocycles. The number of hydrogen-bond donors (Lipinski definition) is 1. The summed E-state index contributed by atoms with van der Waals surface area (Å²) in [6.45, 7) is 3.64. The predicted molar refractivity (Wildman–Crippen MR) is 140 cm³/mol. The summed E-state index contributed by atoms with van der Waals surface area (Å²) in [5.74, 6) is 1.71. The number of hydrogen-bond acceptors (Lipinski definition) is 4. The lowest BCUT2D eigenvalue weighted by molar-refractivity contribution is 0.0954. The van der Waals surface area contributed by atoms with E-state index in [2.05, 4.69) is 9.88 Å². The Balaban J connectivity index is 1.37. The molecule has 0 unspecified atom stereocenters. The summed E-state index contributed by atoms with van der Waals surface area (Å²) in [5, 5.41) is 2.90. The molecule has 1 heterocycles. The average molecular weight is 488 g/mol. The van der Waals surface area contributed by atoms with Crippen molar-refractivity contribution in [3.63, 3.8) is 0 Å². The molecule has 0 atom stereocenters. The van der Waals surface area contributed by atoms with Crippen LogP contribution in [0.3, 0.4) is 0 Å². The Hall–Kier alpha value is -4.13. The Morgan fingerprint density at radius 3 is 2.67 bits per heavy atom. The summed E-state index contributed by atoms with van der Waals surface area (Å²) in [6.07, 6.45) is 5.34. The van der Waals surface area contributed by atoms with Gasteiger partial charge in [-0.25, -0.2) is 9.37 Å². The summed E-state index contributed by atoms with van der Waals surface area (Å²) in [4.78, 5) is 17.1. The molecule has 0 aliphatic heterocycles. The van der Waals surface area contributed by atoms with E-state index in [0.717, 1.165) is 35.4 Å². The Labute approximate surface area is 210 Å². The van der Waals surface area contributed by atoms with Crippen LogP contribution in [0.15, 0.2) is 72.8 Å². The van der Waals surface area contributed by atoms with Crippen molar-refractivity contribution in [1.82, 2.24) is 14.9 Å². The lowest BCUT2D eigenvalue weighted by Crippen LogP contribution is -2.26. The molecule has 1 amide bonds. The minimum Gasteiger partial charge on any atom is -0.493 e. The minimum atomic E-state index is -0.367. The lowest BCUT2D eigenvalue weighted by atomic mass is 10.2. The quantitative estimate of drug-likeness (QED) is 0.277. The number of nitrogens with one attached hydrogen (secondary N) is 1. The molecule has 0 spiro atoms. The van der Waals surface area contributed by atoms with Crippen molar-refractivity contribution in [3.8, 4) is 11.5 Å². The standard InChI is InChI=1S/C29H30FN3O3/c1-3-7-21-10-15-26(27(20-21)35-2)36-19-6-18-33-25-9-5-4-8-24(25)32-28(33)16-17-31-29(34)22-11-13-23(30)14-12-22/h3-5,7-15,20H,6,16-19H2,1-2H3,(H,31,34)/b7-3+. The molecule has 186 valence electrons. The summed E-state index contributed by atoms with van der Waals surface area (Å²) in [5.41, 5.74) is 3.45. The number of imidazole rings is 1. The summed E-state index contributed by atoms with van der Waals surface area (Å²) in [6, 6.07) is 19.4. The van der Waals surface area contributed by atoms with E-state index >= 15 is 0 Å². The smallest absolute Gasteiger partial charge is 0.251 e. The van der Waals surface area contributed by atoms with Crippen molar-refractivity contribution >= 4 is 23.0 Å². The number of halogens is 1. The number of rotatable bonds is 11. The van der Waals surface area contributed by atoms with Gasteiger partial charge in [-0.1, -0.05) is 30.4 Å². The van der Waals surface area contributed by atoms with Gasteiger partial charge in [0.2, 0.25) is 0 Å². The minimum absolute atomic E-state index is 0.236. The van der Waals surface area contributed by atoms with Crippen LogP contribution in [0.5, 0.6) is 11.5 Å². The third-order valence-corrected chi connectivity index (χ3v) is 5.80. The van der Waals surface area contributed by atoms with Gasteiger partial charge in [0.15, 0.2) is 11.5 Å². The molecule has 7 heteroatoms. The molecule has 3 aromatic carbocycles. The first kappa shape index (κ1) is 25.0. The first-order valence-electron chi connectivity index (χ1n) is 12.0. The van der Waals surface area contributed by atoms with Gasteiger partial charge in [0.25, 0.3) is 5.91 Å². The van der Waals surface area contributed by atoms with Crippen molar-refractivity contribution in [1.29, 1.82) is 0 Å². The molecule has 0 aliphatic carbocycles. The zero-order chi connectivity index (χ0) is 25.3. The van der Waals surface area contributed by atoms with Gasteiger partial charge in [-0.2, -0.15) is 0 Å². The fourth-order valence-corrected chi connectivity index (χ4v) is 4.06. The number of aryl methyl sites for hydroxylation is 1. The zero-order valence-corrected chi connectivity index (χ0v) is 20.5. The van der Waals surface area contributed by atoms with Crippen molar-refractivity contribution in [3.05, 3.63) is 95.6 Å². The highest BCUT2D eigenvalue weighted by molar-refractivity contribution is 5.94. The van der Waals surface area contributed by atoms with Gasteiger partial charge in [0.1, 0.15) is 11.6 Å². The number of carbonyl (C=O) groups is 1. The highest BCUT2D eigenvalue weighted by Crippen LogP contribution is 2.29. The first-order chi connectivity index (χ1) is 17.6. The number of amides is 1. The molecule has 1 N–H and O–H groups in total. The van der Waals surface area contributed by atoms with E-state index in [9.17, 15) is 9.18 Å². The van der Waals surface area contributed by atoms with Gasteiger partial charge in [-0.15, -0.1) is 0 Å². The molecule has 0 fully saturated rings. The molecule has 4 aromatic rings. The lowest BCUT2D eigenvalue weighted by Gasteiger charge is -2.13. The number of allylic oxidation sites excluding steroid dienone is 1. The third kappa shape index (κ3) is 6.10. The van der Waals surface area contributed by atoms with Gasteiger partial charge in [0.05, 0.1) is 24.8 Å². The summed E-state index contributed by atoms with van der Waals surface area (Å²) < 4.78 is 26.8. The van der Waals surface area contributed by atoms with Gasteiger partial charge in [-0.05, 0) is 67.4 Å². The fraction of sp³-hybridized carbons (Fsp3) is 0.241. The maximum atomic E-state index is 13.1. The summed E-state index contributed by atoms with van der Waals surface area (Å²) in [7, 11) is 1.64. The van der Waals surface area contributed by atoms with Crippen LogP contribution >= 0.6 is 0 Å². The predicted octanol–water partition coefficient (Wildman–Crippen LogP) is 5.66. The monoisotopic (exact) mass is 487 g/mol. The van der Waals surface area contributed by atoms with Gasteiger partial charge in [0, 0.05) is 25.1 Å². The normalized spacial score (nSPS) is 11.2. The molecule has 36 heavy (non-hydrogen) atoms. The number of fused-ring (bicyclic) bond motifs is 1. The highest BCUT2D eigenvalue weighted by Gasteiger charge is 2.12. The molecule has 4 rings (SSSR count). The van der Waals surface area contributed by atoms with Crippen molar-refractivity contribution < 1.29 is 18.7 Å². The van der Waals surface area contributed by atoms with Crippen molar-refractivity contribution in [2.45, 2.75) is 26.3 Å². The molecular formula is C29H30FN3O3. The second kappa shape index (κ2) is 12.0. The van der Waals surface area contributed by atoms with E-state index in [0.29, 0.717) is 36.6 Å². The molecule has 0 radical (unpaired) electrons. The number of para-hydroxylation sites is 2. The van der Waals surface area contributed by atoms with Crippen LogP contribution in [-0.4, -0.2) is 35.7 Å². The second-order valence-corrected chi connectivity index (χ2v) is 8.29. The molecule has 6 nitrogen and oxygen atoms in total. The number of benzene rings is 3. The topological polar surface area (TPSA) is 65.4 Å². The summed E-state index contributed by atoms with van der Waals surface area (Å²) >= 11 is 0. The van der Waals surface area contributed by atoms with Crippen LogP contribution in [0.25, 0.3) is 17.1 Å². The molecule has 0 aliphatic rings. The number of methoxy groups -OCH3 is 1. The fourth-order valence-electron chi connectivity index (χ4n) is 4.06. The zero-order valence-electron chi connectivity index (χ0n) is 20.5. The maximum absolute atomic E-state index is 13.1. The third-order valence-electron chi connectivity index (χ3n) is 5.80. The van der Waals surface area contributed by atoms with Crippen LogP contribution in [0, 0.1) is 5.82 Å². The van der Waals surface area contributed by atoms with Crippen molar-refractivity contribution in [2.75, 3.05) is 20.3 Å². The SMILES string of the molecule is C/C=C/c1ccc(OCCCn2c(CCNC(=O)c3ccc(F)cc3)nc3ccccc32)c(OC)c1. The first-order valence-corrected chi connectivity index (χ1v) is 12.0. The highest BCUT2D eigenvalue weighted by atomic mass is 19.1. The Morgan fingerprint density at radius 2 is 1.89 bits per heavy atom. The Bertz CT molecular complexity index is 1350. The van der Waals surface area contributed by atoms with Crippen LogP contribution in [-0.2, 0) is 13.0 Å². The molecule has 0 saturated heterocycles. The van der Waals surface area contributed by atoms with Crippen LogP contribution < -0.4 is 14.8 Å². The Morgan fingerprint density at radius 1 is 1.08 bits per heavy atom. The van der Waals surface area contributed by atoms with Crippen molar-refractivity contribution in [2.24, 2.45) is 0 Å². The van der Waals surface area contributed by atoms with E-state index in [1.165, 1.54) is 24.3 Å². The van der Waals surface area contributed by atoms with Crippen LogP contribution in [0.2, 0.25) is 0 Å². The molecule has 0 bridgehead atoms. The van der Waals surface area contributed by atoms with Gasteiger partial charge < -0.3 is 19.4 Å². The van der Waals surface area contributed by atoms with E-state index in [-0.39, 0.29) is 11.7 Å². The van der Waals surface area contributed by atoms with Gasteiger partial charge in [-0.3, -0.25) is 4.79 Å². The van der Waals surface area contributed by atoms with Gasteiger partial charge >= 0.3 is 0 Å². The average Bonchev–Trinajstić information content (AvgIpc) is 3.24. The number of aromatic nitrogens is 2. The van der Waals surface area contributed by atoms with E-state index in [1.54, 1.807) is 7.11 Å². The number of carbonyl (C=O) groups excluding carboxylic acids is 1. The second-order valence-electron chi connectivity index (χ2n) is 8.29. The van der Waals surface area contributed by atoms with E-state index < -0.39 is 0 Å². The van der Waals surface area contributed by atoms with E-state index in [1.807, 2.05) is 61.5 Å². The Kier molecular flexibility index (Phi) is 8.34. The van der Waals surface area contributed by atoms with Crippen LogP contribution in [0.4, 0.5) is 4.39 Å². The maximum Gasteiger partial charge on any atom is 0.251 e. The van der Waals surface area contributed by atoms with E-state index in [4.69, 9.17) is 14.5 Å². The van der Waals surface area contributed by atoms with Crippen LogP contribution in [0.1, 0.15) is 35.1 Å². The number of ether oxygens (including phenoxy) is 2. The largest absolute Gasteiger partial charge is 0.493 e. The molecule has 1 aromatic heterocycles.